The normalized spacial score (nSPS) is 12.7. The van der Waals surface area contributed by atoms with Crippen molar-refractivity contribution in [2.45, 2.75) is 19.5 Å². The number of nitrogens with two attached hydrogens (primary N) is 1. The van der Waals surface area contributed by atoms with Crippen LogP contribution in [-0.4, -0.2) is 39.1 Å². The lowest BCUT2D eigenvalue weighted by molar-refractivity contribution is -0.907. The second-order valence-electron chi connectivity index (χ2n) is 6.37. The second-order valence-corrected chi connectivity index (χ2v) is 6.37. The van der Waals surface area contributed by atoms with Crippen LogP contribution in [0.1, 0.15) is 22.8 Å². The van der Waals surface area contributed by atoms with Gasteiger partial charge in [0.25, 0.3) is 5.91 Å². The van der Waals surface area contributed by atoms with Crippen molar-refractivity contribution in [3.8, 4) is 11.5 Å². The lowest BCUT2D eigenvalue weighted by Gasteiger charge is -2.21. The first-order valence-corrected chi connectivity index (χ1v) is 8.59. The fraction of sp³-hybridized carbons (Fsp3) is 0.300. The average Bonchev–Trinajstić information content (AvgIpc) is 2.67. The number of ether oxygens (including phenoxy) is 2. The van der Waals surface area contributed by atoms with Gasteiger partial charge in [-0.05, 0) is 49.4 Å². The minimum atomic E-state index is -0.500. The number of methoxy groups -OCH3 is 2. The summed E-state index contributed by atoms with van der Waals surface area (Å²) in [6, 6.07) is 11.9. The summed E-state index contributed by atoms with van der Waals surface area (Å²) in [6.07, 6.45) is 0. The molecule has 0 radical (unpaired) electrons. The van der Waals surface area contributed by atoms with Gasteiger partial charge in [-0.15, -0.1) is 0 Å². The van der Waals surface area contributed by atoms with E-state index in [4.69, 9.17) is 15.2 Å². The van der Waals surface area contributed by atoms with Crippen LogP contribution in [-0.2, 0) is 11.3 Å². The summed E-state index contributed by atoms with van der Waals surface area (Å²) in [5.41, 5.74) is 7.28. The maximum Gasteiger partial charge on any atom is 0.282 e. The molecular weight excluding hydrogens is 346 g/mol. The molecule has 0 aliphatic rings. The number of carbonyl (C=O) groups is 2. The predicted molar refractivity (Wildman–Crippen MR) is 103 cm³/mol. The van der Waals surface area contributed by atoms with Gasteiger partial charge in [-0.2, -0.15) is 0 Å². The van der Waals surface area contributed by atoms with E-state index in [1.165, 1.54) is 0 Å². The van der Waals surface area contributed by atoms with Gasteiger partial charge in [0.15, 0.2) is 17.5 Å². The highest BCUT2D eigenvalue weighted by molar-refractivity contribution is 5.95. The van der Waals surface area contributed by atoms with Crippen LogP contribution in [0.5, 0.6) is 11.5 Å². The molecule has 144 valence electrons. The fourth-order valence-electron chi connectivity index (χ4n) is 2.66. The molecule has 2 rings (SSSR count). The Morgan fingerprint density at radius 3 is 2.26 bits per heavy atom. The average molecular weight is 372 g/mol. The molecule has 0 saturated carbocycles. The monoisotopic (exact) mass is 372 g/mol. The molecule has 2 aromatic carbocycles. The number of quaternary nitrogens is 1. The first kappa shape index (κ1) is 20.3. The smallest absolute Gasteiger partial charge is 0.282 e. The molecule has 2 atom stereocenters. The van der Waals surface area contributed by atoms with E-state index in [9.17, 15) is 9.59 Å². The molecule has 0 bridgehead atoms. The molecule has 1 unspecified atom stereocenters. The first-order chi connectivity index (χ1) is 12.8. The summed E-state index contributed by atoms with van der Waals surface area (Å²) in [7, 11) is 5.15. The van der Waals surface area contributed by atoms with Gasteiger partial charge in [-0.3, -0.25) is 9.59 Å². The van der Waals surface area contributed by atoms with Crippen LogP contribution in [0, 0.1) is 0 Å². The Morgan fingerprint density at radius 2 is 1.70 bits per heavy atom. The van der Waals surface area contributed by atoms with Crippen LogP contribution in [0.25, 0.3) is 0 Å². The van der Waals surface area contributed by atoms with Crippen molar-refractivity contribution < 1.29 is 24.0 Å². The quantitative estimate of drug-likeness (QED) is 0.640. The summed E-state index contributed by atoms with van der Waals surface area (Å²) in [6.45, 7) is 2.51. The van der Waals surface area contributed by atoms with E-state index in [0.717, 1.165) is 10.5 Å². The van der Waals surface area contributed by atoms with Crippen LogP contribution in [0.15, 0.2) is 42.5 Å². The summed E-state index contributed by atoms with van der Waals surface area (Å²) in [4.78, 5) is 24.6. The van der Waals surface area contributed by atoms with E-state index in [1.807, 2.05) is 32.2 Å². The third-order valence-corrected chi connectivity index (χ3v) is 4.50. The number of likely N-dealkylation sites (N-methyl/N-ethyl adjacent to an activating group) is 1. The van der Waals surface area contributed by atoms with Crippen LogP contribution >= 0.6 is 0 Å². The molecule has 7 heteroatoms. The SMILES string of the molecule is COc1ccc(C[NH+](C)[C@H](C)C(=O)Nc2ccc(C(N)=O)cc2)cc1OC. The molecule has 0 aliphatic carbocycles. The standard InChI is InChI=1S/C20H25N3O4/c1-13(20(25)22-16-8-6-15(7-9-16)19(21)24)23(2)12-14-5-10-17(26-3)18(11-14)27-4/h5-11,13H,12H2,1-4H3,(H2,21,24)(H,22,25)/p+1/t13-/m1/s1. The molecule has 0 fully saturated rings. The Balaban J connectivity index is 2.00. The van der Waals surface area contributed by atoms with Gasteiger partial charge in [-0.1, -0.05) is 0 Å². The molecule has 0 aliphatic heterocycles. The van der Waals surface area contributed by atoms with E-state index in [1.54, 1.807) is 38.5 Å². The number of amides is 2. The molecule has 0 spiro atoms. The van der Waals surface area contributed by atoms with E-state index in [0.29, 0.717) is 29.3 Å². The molecule has 0 saturated heterocycles. The van der Waals surface area contributed by atoms with Crippen molar-refractivity contribution in [3.63, 3.8) is 0 Å². The van der Waals surface area contributed by atoms with E-state index in [2.05, 4.69) is 5.32 Å². The molecular formula is C20H26N3O4+. The fourth-order valence-corrected chi connectivity index (χ4v) is 2.66. The Kier molecular flexibility index (Phi) is 6.79. The lowest BCUT2D eigenvalue weighted by Crippen LogP contribution is -3.12. The predicted octanol–water partition coefficient (Wildman–Crippen LogP) is 0.845. The van der Waals surface area contributed by atoms with Gasteiger partial charge in [0.2, 0.25) is 5.91 Å². The van der Waals surface area contributed by atoms with Crippen LogP contribution < -0.4 is 25.4 Å². The van der Waals surface area contributed by atoms with Crippen molar-refractivity contribution in [3.05, 3.63) is 53.6 Å². The number of carbonyl (C=O) groups excluding carboxylic acids is 2. The van der Waals surface area contributed by atoms with Gasteiger partial charge < -0.3 is 25.4 Å². The Morgan fingerprint density at radius 1 is 1.07 bits per heavy atom. The molecule has 7 nitrogen and oxygen atoms in total. The van der Waals surface area contributed by atoms with Gasteiger partial charge in [0.1, 0.15) is 6.54 Å². The van der Waals surface area contributed by atoms with E-state index in [-0.39, 0.29) is 11.9 Å². The molecule has 27 heavy (non-hydrogen) atoms. The topological polar surface area (TPSA) is 95.1 Å². The molecule has 4 N–H and O–H groups in total. The van der Waals surface area contributed by atoms with Gasteiger partial charge in [-0.25, -0.2) is 0 Å². The second kappa shape index (κ2) is 9.05. The van der Waals surface area contributed by atoms with Gasteiger partial charge >= 0.3 is 0 Å². The highest BCUT2D eigenvalue weighted by Crippen LogP contribution is 2.27. The van der Waals surface area contributed by atoms with Crippen molar-refractivity contribution in [1.29, 1.82) is 0 Å². The first-order valence-electron chi connectivity index (χ1n) is 8.59. The highest BCUT2D eigenvalue weighted by atomic mass is 16.5. The minimum Gasteiger partial charge on any atom is -0.493 e. The lowest BCUT2D eigenvalue weighted by atomic mass is 10.1. The number of anilines is 1. The molecule has 0 heterocycles. The minimum absolute atomic E-state index is 0.111. The van der Waals surface area contributed by atoms with Crippen molar-refractivity contribution >= 4 is 17.5 Å². The molecule has 2 aromatic rings. The van der Waals surface area contributed by atoms with E-state index >= 15 is 0 Å². The van der Waals surface area contributed by atoms with Gasteiger partial charge in [0, 0.05) is 16.8 Å². The highest BCUT2D eigenvalue weighted by Gasteiger charge is 2.22. The number of hydrogen-bond acceptors (Lipinski definition) is 4. The Labute approximate surface area is 159 Å². The number of nitrogens with one attached hydrogen (secondary N) is 2. The van der Waals surface area contributed by atoms with Crippen LogP contribution in [0.4, 0.5) is 5.69 Å². The maximum absolute atomic E-state index is 12.5. The summed E-state index contributed by atoms with van der Waals surface area (Å²) < 4.78 is 10.6. The van der Waals surface area contributed by atoms with Crippen LogP contribution in [0.3, 0.4) is 0 Å². The third-order valence-electron chi connectivity index (χ3n) is 4.50. The maximum atomic E-state index is 12.5. The van der Waals surface area contributed by atoms with Crippen molar-refractivity contribution in [2.75, 3.05) is 26.6 Å². The van der Waals surface area contributed by atoms with E-state index < -0.39 is 5.91 Å². The summed E-state index contributed by atoms with van der Waals surface area (Å²) in [5.74, 6) is 0.721. The Hall–Kier alpha value is -3.06. The number of benzene rings is 2. The van der Waals surface area contributed by atoms with Crippen molar-refractivity contribution in [2.24, 2.45) is 5.73 Å². The molecule has 0 aromatic heterocycles. The van der Waals surface area contributed by atoms with Gasteiger partial charge in [0.05, 0.1) is 21.3 Å². The zero-order chi connectivity index (χ0) is 20.0. The summed E-state index contributed by atoms with van der Waals surface area (Å²) >= 11 is 0. The largest absolute Gasteiger partial charge is 0.493 e. The number of hydrogen-bond donors (Lipinski definition) is 3. The van der Waals surface area contributed by atoms with Crippen molar-refractivity contribution in [1.82, 2.24) is 0 Å². The zero-order valence-electron chi connectivity index (χ0n) is 16.0. The number of primary amides is 1. The Bertz CT molecular complexity index is 805. The zero-order valence-corrected chi connectivity index (χ0v) is 16.0. The number of rotatable bonds is 8. The summed E-state index contributed by atoms with van der Waals surface area (Å²) in [5, 5.41) is 2.86. The van der Waals surface area contributed by atoms with Crippen LogP contribution in [0.2, 0.25) is 0 Å². The molecule has 2 amide bonds. The third kappa shape index (κ3) is 5.21.